The molecule has 1 unspecified atom stereocenters. The number of unbranched alkanes of at least 4 members (excludes halogenated alkanes) is 1. The summed E-state index contributed by atoms with van der Waals surface area (Å²) >= 11 is 1.09. The van der Waals surface area contributed by atoms with Crippen molar-refractivity contribution < 1.29 is 21.6 Å². The molecular weight excluding hydrogens is 441 g/mol. The van der Waals surface area contributed by atoms with E-state index in [0.717, 1.165) is 42.7 Å². The number of fused-ring (bicyclic) bond motifs is 1. The van der Waals surface area contributed by atoms with Gasteiger partial charge in [-0.05, 0) is 43.9 Å². The van der Waals surface area contributed by atoms with Crippen LogP contribution >= 0.6 is 11.3 Å². The number of azo groups is 1. The minimum Gasteiger partial charge on any atom is -0.369 e. The Kier molecular flexibility index (Phi) is 6.60. The van der Waals surface area contributed by atoms with Gasteiger partial charge in [0.1, 0.15) is 11.2 Å². The Bertz CT molecular complexity index is 1010. The van der Waals surface area contributed by atoms with Crippen LogP contribution in [0.1, 0.15) is 38.7 Å². The summed E-state index contributed by atoms with van der Waals surface area (Å²) in [5.74, 6) is 0. The summed E-state index contributed by atoms with van der Waals surface area (Å²) < 4.78 is 64.1. The summed E-state index contributed by atoms with van der Waals surface area (Å²) in [6.07, 6.45) is 3.44. The molecule has 2 aromatic rings. The predicted octanol–water partition coefficient (Wildman–Crippen LogP) is 5.16. The Labute approximate surface area is 176 Å². The maximum Gasteiger partial charge on any atom is 0.516 e. The quantitative estimate of drug-likeness (QED) is 0.573. The monoisotopic (exact) mass is 462 g/mol. The molecule has 0 spiro atoms. The third-order valence-corrected chi connectivity index (χ3v) is 6.44. The van der Waals surface area contributed by atoms with Gasteiger partial charge in [0.2, 0.25) is 0 Å². The lowest BCUT2D eigenvalue weighted by Crippen LogP contribution is -2.38. The first-order chi connectivity index (χ1) is 14.1. The number of anilines is 2. The number of nitrogens with one attached hydrogen (secondary N) is 1. The van der Waals surface area contributed by atoms with Gasteiger partial charge in [0, 0.05) is 18.3 Å². The Balaban J connectivity index is 2.07. The van der Waals surface area contributed by atoms with Crippen LogP contribution in [0.3, 0.4) is 0 Å². The van der Waals surface area contributed by atoms with E-state index in [1.165, 1.54) is 11.6 Å². The average Bonchev–Trinajstić information content (AvgIpc) is 3.18. The van der Waals surface area contributed by atoms with Gasteiger partial charge in [-0.25, -0.2) is 0 Å². The minimum absolute atomic E-state index is 0.0123. The van der Waals surface area contributed by atoms with Gasteiger partial charge < -0.3 is 4.90 Å². The predicted molar refractivity (Wildman–Crippen MR) is 109 cm³/mol. The van der Waals surface area contributed by atoms with Gasteiger partial charge in [0.05, 0.1) is 5.69 Å². The van der Waals surface area contributed by atoms with Crippen LogP contribution in [0.4, 0.5) is 35.4 Å². The first kappa shape index (κ1) is 22.4. The average molecular weight is 463 g/mol. The van der Waals surface area contributed by atoms with Crippen molar-refractivity contribution in [3.05, 3.63) is 23.2 Å². The molecule has 1 N–H and O–H groups in total. The lowest BCUT2D eigenvalue weighted by Gasteiger charge is -2.37. The van der Waals surface area contributed by atoms with Crippen LogP contribution in [0.2, 0.25) is 0 Å². The van der Waals surface area contributed by atoms with Crippen molar-refractivity contribution in [2.75, 3.05) is 16.2 Å². The van der Waals surface area contributed by atoms with E-state index >= 15 is 0 Å². The second-order valence-corrected chi connectivity index (χ2v) is 9.39. The second kappa shape index (κ2) is 8.84. The number of nitrogens with zero attached hydrogens (tertiary/aromatic N) is 5. The summed E-state index contributed by atoms with van der Waals surface area (Å²) in [7, 11) is -5.62. The maximum atomic E-state index is 13.0. The molecular formula is C17H21F3N6O2S2. The number of hydrogen-bond donors (Lipinski definition) is 1. The maximum absolute atomic E-state index is 13.0. The van der Waals surface area contributed by atoms with Gasteiger partial charge in [-0.1, -0.05) is 24.7 Å². The fourth-order valence-corrected chi connectivity index (χ4v) is 4.13. The van der Waals surface area contributed by atoms with Gasteiger partial charge in [-0.3, -0.25) is 4.72 Å². The van der Waals surface area contributed by atoms with Crippen molar-refractivity contribution in [3.63, 3.8) is 0 Å². The highest BCUT2D eigenvalue weighted by Gasteiger charge is 2.46. The van der Waals surface area contributed by atoms with Gasteiger partial charge in [-0.2, -0.15) is 21.6 Å². The summed E-state index contributed by atoms with van der Waals surface area (Å²) in [5.41, 5.74) is -2.73. The summed E-state index contributed by atoms with van der Waals surface area (Å²) in [4.78, 5) is 2.10. The van der Waals surface area contributed by atoms with E-state index in [1.54, 1.807) is 10.8 Å². The molecule has 13 heteroatoms. The number of sulfonamides is 1. The SMILES string of the molecule is CCCCN1c2cc(NS(=O)(=O)C(F)(F)F)c(N=Nc3nncs3)cc2CCC1C. The molecule has 1 aliphatic rings. The number of aromatic nitrogens is 2. The molecule has 2 heterocycles. The van der Waals surface area contributed by atoms with E-state index in [1.807, 2.05) is 6.92 Å². The van der Waals surface area contributed by atoms with Gasteiger partial charge in [0.15, 0.2) is 0 Å². The van der Waals surface area contributed by atoms with Crippen LogP contribution < -0.4 is 9.62 Å². The molecule has 0 radical (unpaired) electrons. The second-order valence-electron chi connectivity index (χ2n) is 6.91. The topological polar surface area (TPSA) is 99.9 Å². The molecule has 0 fully saturated rings. The smallest absolute Gasteiger partial charge is 0.369 e. The number of hydrogen-bond acceptors (Lipinski definition) is 8. The van der Waals surface area contributed by atoms with Crippen LogP contribution in [0.15, 0.2) is 27.9 Å². The zero-order valence-electron chi connectivity index (χ0n) is 16.3. The molecule has 1 atom stereocenters. The van der Waals surface area contributed by atoms with Crippen LogP contribution in [0, 0.1) is 0 Å². The molecule has 30 heavy (non-hydrogen) atoms. The summed E-state index contributed by atoms with van der Waals surface area (Å²) in [5, 5.41) is 15.3. The van der Waals surface area contributed by atoms with Gasteiger partial charge in [-0.15, -0.1) is 20.4 Å². The van der Waals surface area contributed by atoms with E-state index in [4.69, 9.17) is 0 Å². The minimum atomic E-state index is -5.62. The highest BCUT2D eigenvalue weighted by atomic mass is 32.2. The van der Waals surface area contributed by atoms with Crippen molar-refractivity contribution in [3.8, 4) is 0 Å². The van der Waals surface area contributed by atoms with Crippen molar-refractivity contribution in [2.45, 2.75) is 51.1 Å². The lowest BCUT2D eigenvalue weighted by atomic mass is 9.95. The Morgan fingerprint density at radius 2 is 2.10 bits per heavy atom. The lowest BCUT2D eigenvalue weighted by molar-refractivity contribution is -0.0429. The molecule has 0 saturated heterocycles. The zero-order valence-corrected chi connectivity index (χ0v) is 18.0. The third kappa shape index (κ3) is 4.89. The highest BCUT2D eigenvalue weighted by Crippen LogP contribution is 2.40. The molecule has 1 aromatic carbocycles. The Morgan fingerprint density at radius 3 is 2.73 bits per heavy atom. The largest absolute Gasteiger partial charge is 0.516 e. The van der Waals surface area contributed by atoms with Crippen molar-refractivity contribution >= 4 is 43.6 Å². The van der Waals surface area contributed by atoms with Crippen LogP contribution in [-0.4, -0.2) is 36.7 Å². The molecule has 3 rings (SSSR count). The molecule has 0 bridgehead atoms. The fourth-order valence-electron chi connectivity index (χ4n) is 3.19. The van der Waals surface area contributed by atoms with Crippen molar-refractivity contribution in [1.82, 2.24) is 10.2 Å². The molecule has 0 aliphatic carbocycles. The number of aryl methyl sites for hydroxylation is 1. The summed E-state index contributed by atoms with van der Waals surface area (Å²) in [6, 6.07) is 3.18. The third-order valence-electron chi connectivity index (χ3n) is 4.76. The number of benzene rings is 1. The molecule has 8 nitrogen and oxygen atoms in total. The number of rotatable bonds is 7. The Morgan fingerprint density at radius 1 is 1.33 bits per heavy atom. The molecule has 0 saturated carbocycles. The Hall–Kier alpha value is -2.28. The molecule has 0 amide bonds. The van der Waals surface area contributed by atoms with Crippen LogP contribution in [0.5, 0.6) is 0 Å². The van der Waals surface area contributed by atoms with Crippen molar-refractivity contribution in [1.29, 1.82) is 0 Å². The fraction of sp³-hybridized carbons (Fsp3) is 0.529. The van der Waals surface area contributed by atoms with Crippen molar-refractivity contribution in [2.24, 2.45) is 10.2 Å². The van der Waals surface area contributed by atoms with Crippen LogP contribution in [-0.2, 0) is 16.4 Å². The van der Waals surface area contributed by atoms with E-state index in [-0.39, 0.29) is 22.5 Å². The van der Waals surface area contributed by atoms with E-state index in [9.17, 15) is 21.6 Å². The van der Waals surface area contributed by atoms with Gasteiger partial charge >= 0.3 is 15.5 Å². The van der Waals surface area contributed by atoms with E-state index in [2.05, 4.69) is 32.2 Å². The first-order valence-corrected chi connectivity index (χ1v) is 11.7. The summed E-state index contributed by atoms with van der Waals surface area (Å²) in [6.45, 7) is 4.82. The standard InChI is InChI=1S/C17H21F3N6O2S2/c1-3-4-7-26-11(2)5-6-12-8-13(22-24-16-23-21-10-29-16)14(9-15(12)26)25-30(27,28)17(18,19)20/h8-11,25H,3-7H2,1-2H3. The number of halogens is 3. The number of alkyl halides is 3. The van der Waals surface area contributed by atoms with Gasteiger partial charge in [0.25, 0.3) is 5.13 Å². The van der Waals surface area contributed by atoms with E-state index < -0.39 is 15.5 Å². The highest BCUT2D eigenvalue weighted by molar-refractivity contribution is 7.93. The van der Waals surface area contributed by atoms with E-state index in [0.29, 0.717) is 12.1 Å². The molecule has 1 aromatic heterocycles. The first-order valence-electron chi connectivity index (χ1n) is 9.33. The molecule has 1 aliphatic heterocycles. The zero-order chi connectivity index (χ0) is 21.9. The van der Waals surface area contributed by atoms with Crippen LogP contribution in [0.25, 0.3) is 0 Å². The molecule has 164 valence electrons. The normalized spacial score (nSPS) is 17.4.